The Morgan fingerprint density at radius 1 is 0.875 bits per heavy atom. The summed E-state index contributed by atoms with van der Waals surface area (Å²) in [5.74, 6) is -0.230. The maximum absolute atomic E-state index is 12.5. The highest BCUT2D eigenvalue weighted by atomic mass is 16.2. The van der Waals surface area contributed by atoms with Gasteiger partial charge < -0.3 is 16.0 Å². The molecule has 3 aromatic rings. The number of nitrogens with one attached hydrogen (secondary N) is 3. The Labute approximate surface area is 138 Å². The minimum absolute atomic E-state index is 0.230. The Kier molecular flexibility index (Phi) is 4.38. The maximum Gasteiger partial charge on any atom is 0.318 e. The maximum atomic E-state index is 12.5. The van der Waals surface area contributed by atoms with Crippen molar-refractivity contribution in [2.75, 3.05) is 17.7 Å². The second kappa shape index (κ2) is 6.78. The van der Waals surface area contributed by atoms with Crippen molar-refractivity contribution in [3.05, 3.63) is 66.4 Å². The zero-order valence-electron chi connectivity index (χ0n) is 13.0. The van der Waals surface area contributed by atoms with Crippen molar-refractivity contribution in [2.45, 2.75) is 0 Å². The van der Waals surface area contributed by atoms with Gasteiger partial charge in [0, 0.05) is 30.0 Å². The predicted octanol–water partition coefficient (Wildman–Crippen LogP) is 3.24. The lowest BCUT2D eigenvalue weighted by Gasteiger charge is -2.09. The average molecular weight is 320 g/mol. The molecule has 0 saturated heterocycles. The van der Waals surface area contributed by atoms with Crippen LogP contribution >= 0.6 is 0 Å². The molecule has 0 spiro atoms. The molecule has 0 saturated carbocycles. The van der Waals surface area contributed by atoms with E-state index >= 15 is 0 Å². The molecule has 0 atom stereocenters. The summed E-state index contributed by atoms with van der Waals surface area (Å²) >= 11 is 0. The number of nitrogens with zero attached hydrogens (tertiary/aromatic N) is 1. The molecule has 2 aromatic carbocycles. The van der Waals surface area contributed by atoms with E-state index in [1.54, 1.807) is 43.6 Å². The van der Waals surface area contributed by atoms with Gasteiger partial charge in [0.2, 0.25) is 0 Å². The summed E-state index contributed by atoms with van der Waals surface area (Å²) in [6.45, 7) is 0. The number of carbonyl (C=O) groups is 2. The number of pyridine rings is 1. The first-order valence-electron chi connectivity index (χ1n) is 7.41. The Bertz CT molecular complexity index is 886. The zero-order valence-corrected chi connectivity index (χ0v) is 13.0. The molecule has 0 bridgehead atoms. The van der Waals surface area contributed by atoms with Gasteiger partial charge in [0.1, 0.15) is 0 Å². The van der Waals surface area contributed by atoms with Crippen molar-refractivity contribution in [3.8, 4) is 0 Å². The minimum Gasteiger partial charge on any atom is -0.341 e. The van der Waals surface area contributed by atoms with Gasteiger partial charge in [0.25, 0.3) is 5.91 Å². The summed E-state index contributed by atoms with van der Waals surface area (Å²) in [4.78, 5) is 28.0. The fourth-order valence-corrected chi connectivity index (χ4v) is 2.32. The molecule has 24 heavy (non-hydrogen) atoms. The van der Waals surface area contributed by atoms with Crippen molar-refractivity contribution >= 4 is 34.2 Å². The first-order valence-corrected chi connectivity index (χ1v) is 7.41. The van der Waals surface area contributed by atoms with Crippen LogP contribution in [0.15, 0.2) is 60.8 Å². The second-order valence-electron chi connectivity index (χ2n) is 5.12. The lowest BCUT2D eigenvalue weighted by molar-refractivity contribution is 0.102. The summed E-state index contributed by atoms with van der Waals surface area (Å²) in [5, 5.41) is 8.88. The highest BCUT2D eigenvalue weighted by Crippen LogP contribution is 2.19. The third kappa shape index (κ3) is 3.33. The van der Waals surface area contributed by atoms with E-state index in [1.807, 2.05) is 24.3 Å². The lowest BCUT2D eigenvalue weighted by Crippen LogP contribution is -2.24. The standard InChI is InChI=1S/C18H16N4O2/c1-19-18(24)22-14-9-7-13(8-10-14)21-17(23)15-6-2-4-12-5-3-11-20-16(12)15/h2-11H,1H3,(H,21,23)(H2,19,22,24). The summed E-state index contributed by atoms with van der Waals surface area (Å²) < 4.78 is 0. The number of fused-ring (bicyclic) bond motifs is 1. The number of anilines is 2. The number of urea groups is 1. The third-order valence-corrected chi connectivity index (χ3v) is 3.51. The number of aromatic nitrogens is 1. The smallest absolute Gasteiger partial charge is 0.318 e. The van der Waals surface area contributed by atoms with Crippen LogP contribution in [0.5, 0.6) is 0 Å². The number of rotatable bonds is 3. The summed E-state index contributed by atoms with van der Waals surface area (Å²) in [5.41, 5.74) is 2.45. The SMILES string of the molecule is CNC(=O)Nc1ccc(NC(=O)c2cccc3cccnc23)cc1. The average Bonchev–Trinajstić information content (AvgIpc) is 2.62. The number of hydrogen-bond acceptors (Lipinski definition) is 3. The van der Waals surface area contributed by atoms with Gasteiger partial charge in [-0.3, -0.25) is 9.78 Å². The number of benzene rings is 2. The van der Waals surface area contributed by atoms with E-state index in [4.69, 9.17) is 0 Å². The molecule has 3 amide bonds. The van der Waals surface area contributed by atoms with Crippen LogP contribution in [0, 0.1) is 0 Å². The molecule has 120 valence electrons. The van der Waals surface area contributed by atoms with E-state index in [0.717, 1.165) is 5.39 Å². The van der Waals surface area contributed by atoms with Crippen LogP contribution in [-0.2, 0) is 0 Å². The Hall–Kier alpha value is -3.41. The van der Waals surface area contributed by atoms with Crippen LogP contribution in [-0.4, -0.2) is 24.0 Å². The molecule has 1 aromatic heterocycles. The quantitative estimate of drug-likeness (QED) is 0.693. The summed E-state index contributed by atoms with van der Waals surface area (Å²) in [7, 11) is 1.54. The zero-order chi connectivity index (χ0) is 16.9. The van der Waals surface area contributed by atoms with Crippen LogP contribution in [0.2, 0.25) is 0 Å². The van der Waals surface area contributed by atoms with Gasteiger partial charge in [-0.05, 0) is 36.4 Å². The van der Waals surface area contributed by atoms with Crippen molar-refractivity contribution in [1.82, 2.24) is 10.3 Å². The summed E-state index contributed by atoms with van der Waals surface area (Å²) in [6, 6.07) is 15.8. The van der Waals surface area contributed by atoms with Crippen LogP contribution in [0.3, 0.4) is 0 Å². The Morgan fingerprint density at radius 2 is 1.54 bits per heavy atom. The van der Waals surface area contributed by atoms with Crippen molar-refractivity contribution < 1.29 is 9.59 Å². The topological polar surface area (TPSA) is 83.1 Å². The van der Waals surface area contributed by atoms with Crippen molar-refractivity contribution in [1.29, 1.82) is 0 Å². The predicted molar refractivity (Wildman–Crippen MR) is 94.2 cm³/mol. The molecule has 0 fully saturated rings. The first-order chi connectivity index (χ1) is 11.7. The number of amides is 3. The molecule has 0 aliphatic carbocycles. The molecule has 0 unspecified atom stereocenters. The van der Waals surface area contributed by atoms with E-state index in [9.17, 15) is 9.59 Å². The molecule has 0 aliphatic rings. The molecule has 1 heterocycles. The first kappa shape index (κ1) is 15.5. The number of hydrogen-bond donors (Lipinski definition) is 3. The van der Waals surface area contributed by atoms with Crippen molar-refractivity contribution in [2.24, 2.45) is 0 Å². The largest absolute Gasteiger partial charge is 0.341 e. The number of para-hydroxylation sites is 1. The van der Waals surface area contributed by atoms with Crippen LogP contribution in [0.4, 0.5) is 16.2 Å². The van der Waals surface area contributed by atoms with E-state index in [0.29, 0.717) is 22.5 Å². The molecule has 0 radical (unpaired) electrons. The van der Waals surface area contributed by atoms with Crippen LogP contribution in [0.1, 0.15) is 10.4 Å². The van der Waals surface area contributed by atoms with Gasteiger partial charge in [-0.1, -0.05) is 18.2 Å². The molecular weight excluding hydrogens is 304 g/mol. The fourth-order valence-electron chi connectivity index (χ4n) is 2.32. The molecule has 0 aliphatic heterocycles. The van der Waals surface area contributed by atoms with Gasteiger partial charge in [-0.15, -0.1) is 0 Å². The fraction of sp³-hybridized carbons (Fsp3) is 0.0556. The molecule has 6 heteroatoms. The van der Waals surface area contributed by atoms with Gasteiger partial charge >= 0.3 is 6.03 Å². The monoisotopic (exact) mass is 320 g/mol. The lowest BCUT2D eigenvalue weighted by atomic mass is 10.1. The van der Waals surface area contributed by atoms with Crippen LogP contribution < -0.4 is 16.0 Å². The third-order valence-electron chi connectivity index (χ3n) is 3.51. The number of carbonyl (C=O) groups excluding carboxylic acids is 2. The van der Waals surface area contributed by atoms with Gasteiger partial charge in [-0.25, -0.2) is 4.79 Å². The van der Waals surface area contributed by atoms with Gasteiger partial charge in [0.05, 0.1) is 11.1 Å². The van der Waals surface area contributed by atoms with E-state index in [2.05, 4.69) is 20.9 Å². The van der Waals surface area contributed by atoms with Gasteiger partial charge in [-0.2, -0.15) is 0 Å². The normalized spacial score (nSPS) is 10.2. The van der Waals surface area contributed by atoms with Gasteiger partial charge in [0.15, 0.2) is 0 Å². The highest BCUT2D eigenvalue weighted by Gasteiger charge is 2.11. The molecule has 3 rings (SSSR count). The van der Waals surface area contributed by atoms with E-state index in [-0.39, 0.29) is 11.9 Å². The second-order valence-corrected chi connectivity index (χ2v) is 5.12. The Morgan fingerprint density at radius 3 is 2.25 bits per heavy atom. The van der Waals surface area contributed by atoms with E-state index in [1.165, 1.54) is 0 Å². The van der Waals surface area contributed by atoms with Crippen LogP contribution in [0.25, 0.3) is 10.9 Å². The highest BCUT2D eigenvalue weighted by molar-refractivity contribution is 6.11. The minimum atomic E-state index is -0.298. The molecule has 3 N–H and O–H groups in total. The van der Waals surface area contributed by atoms with E-state index < -0.39 is 0 Å². The van der Waals surface area contributed by atoms with Crippen molar-refractivity contribution in [3.63, 3.8) is 0 Å². The molecule has 6 nitrogen and oxygen atoms in total. The summed E-state index contributed by atoms with van der Waals surface area (Å²) in [6.07, 6.45) is 1.67. The Balaban J connectivity index is 1.78. The molecular formula is C18H16N4O2.